The molecule has 0 radical (unpaired) electrons. The smallest absolute Gasteiger partial charge is 0.408 e. The molecule has 170 valence electrons. The van der Waals surface area contributed by atoms with Crippen molar-refractivity contribution in [3.05, 3.63) is 0 Å². The van der Waals surface area contributed by atoms with Crippen LogP contribution in [0.25, 0.3) is 0 Å². The van der Waals surface area contributed by atoms with Gasteiger partial charge in [-0.2, -0.15) is 13.2 Å². The summed E-state index contributed by atoms with van der Waals surface area (Å²) in [5.74, 6) is -4.34. The van der Waals surface area contributed by atoms with E-state index >= 15 is 0 Å². The molecule has 0 fully saturated rings. The number of esters is 1. The van der Waals surface area contributed by atoms with Crippen LogP contribution in [0, 0.1) is 5.92 Å². The molecule has 0 aromatic heterocycles. The van der Waals surface area contributed by atoms with Gasteiger partial charge in [-0.3, -0.25) is 4.79 Å². The number of carbonyl (C=O) groups is 3. The van der Waals surface area contributed by atoms with Crippen LogP contribution in [-0.4, -0.2) is 62.2 Å². The summed E-state index contributed by atoms with van der Waals surface area (Å²) in [6.45, 7) is 7.26. The molecule has 0 spiro atoms. The Morgan fingerprint density at radius 3 is 2.10 bits per heavy atom. The standard InChI is InChI=1S/C18H31F3N2O6/c1-7-8-9-28-10-12(15(25)27-6)22-14(24)13(11(2)18(19,20)21)23-16(26)29-17(3,4)5/h11-13H,7-10H2,1-6H3,(H,22,24)(H,23,26)/t11-,12-,13-/m0/s1. The van der Waals surface area contributed by atoms with E-state index in [-0.39, 0.29) is 6.61 Å². The summed E-state index contributed by atoms with van der Waals surface area (Å²) >= 11 is 0. The Hall–Kier alpha value is -2.04. The number of hydrogen-bond acceptors (Lipinski definition) is 6. The summed E-state index contributed by atoms with van der Waals surface area (Å²) in [5.41, 5.74) is -0.978. The van der Waals surface area contributed by atoms with Crippen molar-refractivity contribution in [2.24, 2.45) is 5.92 Å². The minimum absolute atomic E-state index is 0.280. The lowest BCUT2D eigenvalue weighted by Crippen LogP contribution is -2.58. The van der Waals surface area contributed by atoms with Crippen LogP contribution >= 0.6 is 0 Å². The Labute approximate surface area is 168 Å². The maximum Gasteiger partial charge on any atom is 0.408 e. The van der Waals surface area contributed by atoms with Crippen molar-refractivity contribution in [2.75, 3.05) is 20.3 Å². The number of ether oxygens (including phenoxy) is 3. The summed E-state index contributed by atoms with van der Waals surface area (Å²) in [6, 6.07) is -3.35. The van der Waals surface area contributed by atoms with Crippen molar-refractivity contribution in [1.82, 2.24) is 10.6 Å². The summed E-state index contributed by atoms with van der Waals surface area (Å²) in [4.78, 5) is 36.3. The minimum Gasteiger partial charge on any atom is -0.467 e. The van der Waals surface area contributed by atoms with Crippen LogP contribution in [0.5, 0.6) is 0 Å². The van der Waals surface area contributed by atoms with Crippen molar-refractivity contribution >= 4 is 18.0 Å². The number of halogens is 3. The van der Waals surface area contributed by atoms with Gasteiger partial charge in [0.25, 0.3) is 0 Å². The lowest BCUT2D eigenvalue weighted by Gasteiger charge is -2.29. The first-order chi connectivity index (χ1) is 13.2. The van der Waals surface area contributed by atoms with Crippen molar-refractivity contribution in [3.8, 4) is 0 Å². The quantitative estimate of drug-likeness (QED) is 0.410. The molecule has 8 nitrogen and oxygen atoms in total. The molecule has 0 saturated carbocycles. The zero-order valence-electron chi connectivity index (χ0n) is 17.6. The maximum absolute atomic E-state index is 13.2. The third kappa shape index (κ3) is 10.9. The Balaban J connectivity index is 5.37. The van der Waals surface area contributed by atoms with E-state index in [1.54, 1.807) is 0 Å². The molecule has 0 aromatic rings. The normalized spacial score (nSPS) is 15.1. The molecular weight excluding hydrogens is 397 g/mol. The highest BCUT2D eigenvalue weighted by atomic mass is 19.4. The second-order valence-electron chi connectivity index (χ2n) is 7.47. The van der Waals surface area contributed by atoms with Gasteiger partial charge >= 0.3 is 18.2 Å². The molecule has 0 aromatic carbocycles. The molecule has 0 aliphatic carbocycles. The van der Waals surface area contributed by atoms with Crippen molar-refractivity contribution in [3.63, 3.8) is 0 Å². The van der Waals surface area contributed by atoms with Gasteiger partial charge in [-0.05, 0) is 27.2 Å². The van der Waals surface area contributed by atoms with E-state index in [2.05, 4.69) is 10.1 Å². The van der Waals surface area contributed by atoms with Gasteiger partial charge < -0.3 is 24.8 Å². The van der Waals surface area contributed by atoms with E-state index < -0.39 is 47.7 Å². The third-order valence-corrected chi connectivity index (χ3v) is 3.70. The summed E-state index contributed by atoms with van der Waals surface area (Å²) in [7, 11) is 1.07. The number of hydrogen-bond donors (Lipinski definition) is 2. The molecule has 0 unspecified atom stereocenters. The van der Waals surface area contributed by atoms with E-state index in [1.807, 2.05) is 12.2 Å². The topological polar surface area (TPSA) is 103 Å². The van der Waals surface area contributed by atoms with E-state index in [4.69, 9.17) is 9.47 Å². The van der Waals surface area contributed by atoms with Gasteiger partial charge in [0.05, 0.1) is 19.6 Å². The van der Waals surface area contributed by atoms with Gasteiger partial charge in [0.1, 0.15) is 11.6 Å². The molecule has 0 rings (SSSR count). The largest absolute Gasteiger partial charge is 0.467 e. The van der Waals surface area contributed by atoms with Crippen LogP contribution in [0.3, 0.4) is 0 Å². The maximum atomic E-state index is 13.2. The average molecular weight is 428 g/mol. The molecule has 0 heterocycles. The number of unbranched alkanes of at least 4 members (excludes halogenated alkanes) is 1. The van der Waals surface area contributed by atoms with Gasteiger partial charge in [0.2, 0.25) is 5.91 Å². The average Bonchev–Trinajstić information content (AvgIpc) is 2.58. The molecule has 11 heteroatoms. The van der Waals surface area contributed by atoms with Crippen molar-refractivity contribution in [1.29, 1.82) is 0 Å². The highest BCUT2D eigenvalue weighted by Gasteiger charge is 2.46. The summed E-state index contributed by atoms with van der Waals surface area (Å²) in [5, 5.41) is 4.09. The molecule has 0 aliphatic heterocycles. The number of alkyl halides is 3. The first-order valence-corrected chi connectivity index (χ1v) is 9.25. The third-order valence-electron chi connectivity index (χ3n) is 3.70. The Morgan fingerprint density at radius 2 is 1.66 bits per heavy atom. The highest BCUT2D eigenvalue weighted by Crippen LogP contribution is 2.28. The Bertz CT molecular complexity index is 549. The predicted molar refractivity (Wildman–Crippen MR) is 98.1 cm³/mol. The van der Waals surface area contributed by atoms with Crippen LogP contribution < -0.4 is 10.6 Å². The number of methoxy groups -OCH3 is 1. The van der Waals surface area contributed by atoms with Crippen LogP contribution in [-0.2, 0) is 23.8 Å². The highest BCUT2D eigenvalue weighted by molar-refractivity contribution is 5.90. The molecule has 2 N–H and O–H groups in total. The Kier molecular flexibility index (Phi) is 11.0. The lowest BCUT2D eigenvalue weighted by atomic mass is 10.00. The molecule has 3 atom stereocenters. The molecule has 29 heavy (non-hydrogen) atoms. The van der Waals surface area contributed by atoms with Crippen molar-refractivity contribution < 1.29 is 41.8 Å². The van der Waals surface area contributed by atoms with Gasteiger partial charge in [-0.25, -0.2) is 9.59 Å². The van der Waals surface area contributed by atoms with E-state index in [0.717, 1.165) is 20.5 Å². The fourth-order valence-corrected chi connectivity index (χ4v) is 2.06. The first kappa shape index (κ1) is 27.0. The fraction of sp³-hybridized carbons (Fsp3) is 0.833. The van der Waals surface area contributed by atoms with E-state index in [9.17, 15) is 27.6 Å². The van der Waals surface area contributed by atoms with Crippen LogP contribution in [0.2, 0.25) is 0 Å². The summed E-state index contributed by atoms with van der Waals surface area (Å²) < 4.78 is 54.4. The molecule has 0 saturated heterocycles. The van der Waals surface area contributed by atoms with E-state index in [0.29, 0.717) is 13.0 Å². The second kappa shape index (κ2) is 11.8. The monoisotopic (exact) mass is 428 g/mol. The number of amides is 2. The van der Waals surface area contributed by atoms with Gasteiger partial charge in [0.15, 0.2) is 6.04 Å². The minimum atomic E-state index is -4.78. The van der Waals surface area contributed by atoms with Crippen LogP contribution in [0.1, 0.15) is 47.5 Å². The Morgan fingerprint density at radius 1 is 1.07 bits per heavy atom. The predicted octanol–water partition coefficient (Wildman–Crippen LogP) is 2.55. The van der Waals surface area contributed by atoms with Gasteiger partial charge in [0, 0.05) is 6.61 Å². The number of carbonyl (C=O) groups excluding carboxylic acids is 3. The SMILES string of the molecule is CCCCOC[C@H](NC(=O)[C@@H](NC(=O)OC(C)(C)C)[C@H](C)C(F)(F)F)C(=O)OC. The molecule has 0 aliphatic rings. The van der Waals surface area contributed by atoms with Crippen molar-refractivity contribution in [2.45, 2.75) is 71.3 Å². The van der Waals surface area contributed by atoms with Gasteiger partial charge in [-0.1, -0.05) is 20.3 Å². The fourth-order valence-electron chi connectivity index (χ4n) is 2.06. The molecule has 2 amide bonds. The zero-order valence-corrected chi connectivity index (χ0v) is 17.6. The van der Waals surface area contributed by atoms with Crippen LogP contribution in [0.15, 0.2) is 0 Å². The lowest BCUT2D eigenvalue weighted by molar-refractivity contribution is -0.180. The first-order valence-electron chi connectivity index (χ1n) is 9.25. The summed E-state index contributed by atoms with van der Waals surface area (Å²) in [6.07, 6.45) is -4.44. The second-order valence-corrected chi connectivity index (χ2v) is 7.47. The van der Waals surface area contributed by atoms with Gasteiger partial charge in [-0.15, -0.1) is 0 Å². The van der Waals surface area contributed by atoms with Crippen LogP contribution in [0.4, 0.5) is 18.0 Å². The number of alkyl carbamates (subject to hydrolysis) is 1. The molecule has 0 bridgehead atoms. The van der Waals surface area contributed by atoms with E-state index in [1.165, 1.54) is 20.8 Å². The zero-order chi connectivity index (χ0) is 22.8. The number of nitrogens with one attached hydrogen (secondary N) is 2. The molecular formula is C18H31F3N2O6. The number of rotatable bonds is 10.